The average molecular weight is 299 g/mol. The molecule has 7 heteroatoms. The topological polar surface area (TPSA) is 82.8 Å². The largest absolute Gasteiger partial charge is 0.454 e. The number of hydrogen-bond donors (Lipinski definition) is 2. The van der Waals surface area contributed by atoms with E-state index >= 15 is 0 Å². The van der Waals surface area contributed by atoms with Crippen molar-refractivity contribution in [3.05, 3.63) is 17.2 Å². The molecule has 0 spiro atoms. The first-order chi connectivity index (χ1) is 9.58. The minimum atomic E-state index is -0.919. The van der Waals surface area contributed by atoms with Crippen LogP contribution >= 0.6 is 11.6 Å². The Morgan fingerprint density at radius 2 is 1.90 bits per heavy atom. The van der Waals surface area contributed by atoms with Gasteiger partial charge in [0.2, 0.25) is 12.7 Å². The summed E-state index contributed by atoms with van der Waals surface area (Å²) in [6.07, 6.45) is 0.974. The molecule has 0 aliphatic carbocycles. The molecule has 6 nitrogen and oxygen atoms in total. The first-order valence-corrected chi connectivity index (χ1v) is 6.73. The van der Waals surface area contributed by atoms with E-state index in [-0.39, 0.29) is 12.7 Å². The fraction of sp³-hybridized carbons (Fsp3) is 0.462. The van der Waals surface area contributed by atoms with Crippen molar-refractivity contribution in [2.24, 2.45) is 5.73 Å². The number of carbonyl (C=O) groups excluding carboxylic acids is 1. The van der Waals surface area contributed by atoms with Gasteiger partial charge in [0, 0.05) is 25.3 Å². The quantitative estimate of drug-likeness (QED) is 0.865. The molecule has 2 heterocycles. The molecule has 1 aromatic carbocycles. The number of nitrogens with one attached hydrogen (secondary N) is 1. The van der Waals surface area contributed by atoms with Gasteiger partial charge in [-0.25, -0.2) is 0 Å². The van der Waals surface area contributed by atoms with E-state index in [4.69, 9.17) is 31.5 Å². The van der Waals surface area contributed by atoms with Crippen molar-refractivity contribution in [3.63, 3.8) is 0 Å². The van der Waals surface area contributed by atoms with Crippen molar-refractivity contribution < 1.29 is 19.0 Å². The smallest absolute Gasteiger partial charge is 0.244 e. The number of benzene rings is 1. The zero-order valence-electron chi connectivity index (χ0n) is 10.8. The standard InChI is InChI=1S/C13H15ClN2O4/c14-8-5-10-11(20-7-19-10)6-9(8)16-12(17)13(15)1-3-18-4-2-13/h5-6H,1-4,7,15H2,(H,16,17). The van der Waals surface area contributed by atoms with Crippen molar-refractivity contribution >= 4 is 23.2 Å². The van der Waals surface area contributed by atoms with E-state index in [1.165, 1.54) is 0 Å². The zero-order chi connectivity index (χ0) is 14.2. The van der Waals surface area contributed by atoms with E-state index in [2.05, 4.69) is 5.32 Å². The maximum absolute atomic E-state index is 12.3. The van der Waals surface area contributed by atoms with Crippen LogP contribution in [0.1, 0.15) is 12.8 Å². The zero-order valence-corrected chi connectivity index (χ0v) is 11.5. The van der Waals surface area contributed by atoms with Crippen LogP contribution in [-0.4, -0.2) is 31.5 Å². The number of halogens is 1. The van der Waals surface area contributed by atoms with Gasteiger partial charge in [-0.05, 0) is 12.8 Å². The summed E-state index contributed by atoms with van der Waals surface area (Å²) >= 11 is 6.12. The van der Waals surface area contributed by atoms with Crippen LogP contribution in [0.5, 0.6) is 11.5 Å². The second-order valence-corrected chi connectivity index (χ2v) is 5.32. The van der Waals surface area contributed by atoms with E-state index < -0.39 is 5.54 Å². The molecule has 1 aromatic rings. The van der Waals surface area contributed by atoms with Gasteiger partial charge in [-0.1, -0.05) is 11.6 Å². The van der Waals surface area contributed by atoms with Crippen LogP contribution in [0.25, 0.3) is 0 Å². The highest BCUT2D eigenvalue weighted by atomic mass is 35.5. The molecule has 1 amide bonds. The third-order valence-corrected chi connectivity index (χ3v) is 3.86. The Morgan fingerprint density at radius 3 is 2.60 bits per heavy atom. The number of anilines is 1. The van der Waals surface area contributed by atoms with Crippen molar-refractivity contribution in [1.29, 1.82) is 0 Å². The summed E-state index contributed by atoms with van der Waals surface area (Å²) in [4.78, 5) is 12.3. The van der Waals surface area contributed by atoms with Crippen LogP contribution in [-0.2, 0) is 9.53 Å². The molecule has 2 aliphatic heterocycles. The van der Waals surface area contributed by atoms with Crippen LogP contribution in [0.3, 0.4) is 0 Å². The number of hydrogen-bond acceptors (Lipinski definition) is 5. The molecule has 0 atom stereocenters. The number of fused-ring (bicyclic) bond motifs is 1. The first kappa shape index (κ1) is 13.5. The summed E-state index contributed by atoms with van der Waals surface area (Å²) < 4.78 is 15.7. The Balaban J connectivity index is 1.79. The summed E-state index contributed by atoms with van der Waals surface area (Å²) in [6.45, 7) is 1.12. The van der Waals surface area contributed by atoms with Gasteiger partial charge in [0.05, 0.1) is 10.7 Å². The van der Waals surface area contributed by atoms with Gasteiger partial charge in [-0.15, -0.1) is 0 Å². The minimum absolute atomic E-state index is 0.154. The molecule has 2 aliphatic rings. The summed E-state index contributed by atoms with van der Waals surface area (Å²) in [5, 5.41) is 3.15. The first-order valence-electron chi connectivity index (χ1n) is 6.36. The molecular weight excluding hydrogens is 284 g/mol. The van der Waals surface area contributed by atoms with Gasteiger partial charge in [-0.3, -0.25) is 4.79 Å². The molecule has 0 aromatic heterocycles. The molecule has 0 radical (unpaired) electrons. The minimum Gasteiger partial charge on any atom is -0.454 e. The Morgan fingerprint density at radius 1 is 1.25 bits per heavy atom. The van der Waals surface area contributed by atoms with Gasteiger partial charge in [-0.2, -0.15) is 0 Å². The van der Waals surface area contributed by atoms with Gasteiger partial charge in [0.15, 0.2) is 11.5 Å². The summed E-state index contributed by atoms with van der Waals surface area (Å²) in [5.41, 5.74) is 5.67. The molecule has 3 N–H and O–H groups in total. The van der Waals surface area contributed by atoms with Crippen molar-refractivity contribution in [2.45, 2.75) is 18.4 Å². The number of carbonyl (C=O) groups is 1. The van der Waals surface area contributed by atoms with Crippen LogP contribution in [0.2, 0.25) is 5.02 Å². The molecule has 3 rings (SSSR count). The van der Waals surface area contributed by atoms with Crippen molar-refractivity contribution in [1.82, 2.24) is 0 Å². The predicted octanol–water partition coefficient (Wildman–Crippen LogP) is 1.52. The number of amides is 1. The lowest BCUT2D eigenvalue weighted by Gasteiger charge is -2.31. The Labute approximate surface area is 121 Å². The highest BCUT2D eigenvalue weighted by Crippen LogP contribution is 2.39. The molecule has 1 fully saturated rings. The normalized spacial score (nSPS) is 19.7. The van der Waals surface area contributed by atoms with Crippen molar-refractivity contribution in [3.8, 4) is 11.5 Å². The van der Waals surface area contributed by atoms with E-state index in [9.17, 15) is 4.79 Å². The lowest BCUT2D eigenvalue weighted by atomic mass is 9.90. The number of nitrogens with two attached hydrogens (primary N) is 1. The summed E-state index contributed by atoms with van der Waals surface area (Å²) in [6, 6.07) is 3.26. The van der Waals surface area contributed by atoms with Crippen LogP contribution in [0.4, 0.5) is 5.69 Å². The molecule has 0 saturated carbocycles. The van der Waals surface area contributed by atoms with Crippen LogP contribution in [0, 0.1) is 0 Å². The fourth-order valence-corrected chi connectivity index (χ4v) is 2.42. The van der Waals surface area contributed by atoms with E-state index in [0.717, 1.165) is 0 Å². The number of ether oxygens (including phenoxy) is 3. The molecule has 108 valence electrons. The SMILES string of the molecule is NC1(C(=O)Nc2cc3c(cc2Cl)OCO3)CCOCC1. The molecule has 0 bridgehead atoms. The highest BCUT2D eigenvalue weighted by Gasteiger charge is 2.36. The average Bonchev–Trinajstić information content (AvgIpc) is 2.87. The Kier molecular flexibility index (Phi) is 3.45. The third kappa shape index (κ3) is 2.42. The Hall–Kier alpha value is -1.50. The van der Waals surface area contributed by atoms with Crippen LogP contribution in [0.15, 0.2) is 12.1 Å². The second kappa shape index (κ2) is 5.12. The molecule has 0 unspecified atom stereocenters. The maximum Gasteiger partial charge on any atom is 0.244 e. The lowest BCUT2D eigenvalue weighted by Crippen LogP contribution is -2.54. The fourth-order valence-electron chi connectivity index (χ4n) is 2.22. The van der Waals surface area contributed by atoms with Gasteiger partial charge in [0.1, 0.15) is 5.54 Å². The van der Waals surface area contributed by atoms with Gasteiger partial charge < -0.3 is 25.3 Å². The second-order valence-electron chi connectivity index (χ2n) is 4.91. The van der Waals surface area contributed by atoms with Gasteiger partial charge in [0.25, 0.3) is 0 Å². The maximum atomic E-state index is 12.3. The van der Waals surface area contributed by atoms with Crippen LogP contribution < -0.4 is 20.5 Å². The van der Waals surface area contributed by atoms with Crippen molar-refractivity contribution in [2.75, 3.05) is 25.3 Å². The summed E-state index contributed by atoms with van der Waals surface area (Å²) in [5.74, 6) is 0.867. The molecular formula is C13H15ClN2O4. The lowest BCUT2D eigenvalue weighted by molar-refractivity contribution is -0.124. The van der Waals surface area contributed by atoms with Gasteiger partial charge >= 0.3 is 0 Å². The predicted molar refractivity (Wildman–Crippen MR) is 73.2 cm³/mol. The highest BCUT2D eigenvalue weighted by molar-refractivity contribution is 6.34. The van der Waals surface area contributed by atoms with E-state index in [0.29, 0.717) is 48.3 Å². The summed E-state index contributed by atoms with van der Waals surface area (Å²) in [7, 11) is 0. The molecule has 20 heavy (non-hydrogen) atoms. The third-order valence-electron chi connectivity index (χ3n) is 3.55. The monoisotopic (exact) mass is 298 g/mol. The Bertz CT molecular complexity index is 543. The van der Waals surface area contributed by atoms with E-state index in [1.807, 2.05) is 0 Å². The van der Waals surface area contributed by atoms with E-state index in [1.54, 1.807) is 12.1 Å². The molecule has 1 saturated heterocycles. The number of rotatable bonds is 2.